The smallest absolute Gasteiger partial charge is 0.417 e. The van der Waals surface area contributed by atoms with Crippen molar-refractivity contribution in [3.8, 4) is 16.9 Å². The Balaban J connectivity index is 1.69. The lowest BCUT2D eigenvalue weighted by molar-refractivity contribution is -0.137. The topological polar surface area (TPSA) is 12.5 Å². The Labute approximate surface area is 182 Å². The molecule has 0 saturated carbocycles. The number of rotatable bonds is 5. The molecule has 0 N–H and O–H groups in total. The van der Waals surface area contributed by atoms with Crippen molar-refractivity contribution in [2.45, 2.75) is 52.3 Å². The molecule has 3 rings (SSSR count). The zero-order valence-electron chi connectivity index (χ0n) is 17.7. The van der Waals surface area contributed by atoms with Gasteiger partial charge in [-0.15, -0.1) is 0 Å². The van der Waals surface area contributed by atoms with E-state index in [0.29, 0.717) is 16.7 Å². The molecule has 1 aliphatic rings. The molecular weight excluding hydrogens is 411 g/mol. The van der Waals surface area contributed by atoms with Crippen LogP contribution in [0.15, 0.2) is 42.5 Å². The quantitative estimate of drug-likeness (QED) is 0.484. The highest BCUT2D eigenvalue weighted by atomic mass is 35.5. The van der Waals surface area contributed by atoms with Gasteiger partial charge in [-0.05, 0) is 67.6 Å². The molecule has 0 aromatic heterocycles. The van der Waals surface area contributed by atoms with Crippen molar-refractivity contribution in [1.29, 1.82) is 0 Å². The Morgan fingerprint density at radius 2 is 1.77 bits per heavy atom. The molecule has 2 nitrogen and oxygen atoms in total. The van der Waals surface area contributed by atoms with Crippen molar-refractivity contribution in [2.24, 2.45) is 5.41 Å². The van der Waals surface area contributed by atoms with Gasteiger partial charge in [-0.1, -0.05) is 50.6 Å². The molecule has 0 amide bonds. The van der Waals surface area contributed by atoms with Crippen LogP contribution in [-0.4, -0.2) is 30.6 Å². The van der Waals surface area contributed by atoms with Crippen molar-refractivity contribution < 1.29 is 17.9 Å². The number of likely N-dealkylation sites (tertiary alicyclic amines) is 1. The summed E-state index contributed by atoms with van der Waals surface area (Å²) in [4.78, 5) is 2.44. The molecule has 1 fully saturated rings. The van der Waals surface area contributed by atoms with Gasteiger partial charge in [-0.3, -0.25) is 4.90 Å². The minimum atomic E-state index is -4.46. The highest BCUT2D eigenvalue weighted by molar-refractivity contribution is 6.33. The first kappa shape index (κ1) is 23.0. The number of hydrogen-bond donors (Lipinski definition) is 0. The average Bonchev–Trinajstić information content (AvgIpc) is 2.66. The van der Waals surface area contributed by atoms with Crippen LogP contribution in [0.2, 0.25) is 5.02 Å². The van der Waals surface area contributed by atoms with Crippen molar-refractivity contribution in [3.63, 3.8) is 0 Å². The van der Waals surface area contributed by atoms with Crippen LogP contribution in [0.25, 0.3) is 11.1 Å². The predicted molar refractivity (Wildman–Crippen MR) is 116 cm³/mol. The lowest BCUT2D eigenvalue weighted by Crippen LogP contribution is -2.42. The van der Waals surface area contributed by atoms with Gasteiger partial charge in [0.15, 0.2) is 0 Å². The Morgan fingerprint density at radius 3 is 2.40 bits per heavy atom. The molecule has 6 heteroatoms. The largest absolute Gasteiger partial charge is 0.489 e. The Hall–Kier alpha value is -1.72. The molecule has 0 radical (unpaired) electrons. The van der Waals surface area contributed by atoms with Crippen molar-refractivity contribution in [2.75, 3.05) is 19.6 Å². The fourth-order valence-corrected chi connectivity index (χ4v) is 4.04. The highest BCUT2D eigenvalue weighted by Gasteiger charge is 2.34. The fourth-order valence-electron chi connectivity index (χ4n) is 3.75. The van der Waals surface area contributed by atoms with E-state index in [1.807, 2.05) is 0 Å². The summed E-state index contributed by atoms with van der Waals surface area (Å²) >= 11 is 6.11. The van der Waals surface area contributed by atoms with E-state index in [0.717, 1.165) is 45.0 Å². The van der Waals surface area contributed by atoms with E-state index < -0.39 is 11.7 Å². The number of halogens is 4. The molecule has 164 valence electrons. The third-order valence-corrected chi connectivity index (χ3v) is 5.72. The van der Waals surface area contributed by atoms with Crippen LogP contribution in [0, 0.1) is 5.41 Å². The number of ether oxygens (including phenoxy) is 1. The summed E-state index contributed by atoms with van der Waals surface area (Å²) in [6.45, 7) is 9.75. The third-order valence-electron chi connectivity index (χ3n) is 5.41. The predicted octanol–water partition coefficient (Wildman–Crippen LogP) is 7.31. The van der Waals surface area contributed by atoms with Gasteiger partial charge in [0.1, 0.15) is 11.9 Å². The van der Waals surface area contributed by atoms with Crippen molar-refractivity contribution in [3.05, 3.63) is 53.1 Å². The number of piperidine rings is 1. The standard InChI is InChI=1S/C24H29ClF3NO/c1-23(2,3)13-15-29-14-5-6-19(16-29)30-18-11-9-17(10-12-18)22-20(24(26,27)28)7-4-8-21(22)25/h4,7-12,19H,5-6,13-16H2,1-3H3. The second-order valence-electron chi connectivity index (χ2n) is 9.18. The summed E-state index contributed by atoms with van der Waals surface area (Å²) in [7, 11) is 0. The van der Waals surface area contributed by atoms with E-state index in [-0.39, 0.29) is 16.7 Å². The minimum absolute atomic E-state index is 0.00392. The van der Waals surface area contributed by atoms with Crippen molar-refractivity contribution in [1.82, 2.24) is 4.90 Å². The molecule has 0 spiro atoms. The molecule has 2 aromatic rings. The molecule has 30 heavy (non-hydrogen) atoms. The molecule has 0 bridgehead atoms. The van der Waals surface area contributed by atoms with Gasteiger partial charge in [0.05, 0.1) is 5.56 Å². The van der Waals surface area contributed by atoms with Gasteiger partial charge in [0.2, 0.25) is 0 Å². The van der Waals surface area contributed by atoms with Crippen LogP contribution in [0.5, 0.6) is 5.75 Å². The van der Waals surface area contributed by atoms with E-state index >= 15 is 0 Å². The second kappa shape index (κ2) is 9.19. The Kier molecular flexibility index (Phi) is 7.03. The van der Waals surface area contributed by atoms with E-state index in [2.05, 4.69) is 25.7 Å². The number of nitrogens with zero attached hydrogens (tertiary/aromatic N) is 1. The fraction of sp³-hybridized carbons (Fsp3) is 0.500. The van der Waals surface area contributed by atoms with E-state index in [9.17, 15) is 13.2 Å². The first-order valence-corrected chi connectivity index (χ1v) is 10.8. The normalized spacial score (nSPS) is 18.4. The molecule has 1 saturated heterocycles. The molecular formula is C24H29ClF3NO. The lowest BCUT2D eigenvalue weighted by Gasteiger charge is -2.34. The molecule has 0 aliphatic carbocycles. The third kappa shape index (κ3) is 6.14. The van der Waals surface area contributed by atoms with Crippen LogP contribution in [-0.2, 0) is 6.18 Å². The van der Waals surface area contributed by atoms with Gasteiger partial charge in [0.25, 0.3) is 0 Å². The molecule has 1 heterocycles. The SMILES string of the molecule is CC(C)(C)CCN1CCCC(Oc2ccc(-c3c(Cl)cccc3C(F)(F)F)cc2)C1. The number of hydrogen-bond acceptors (Lipinski definition) is 2. The first-order valence-electron chi connectivity index (χ1n) is 10.4. The summed E-state index contributed by atoms with van der Waals surface area (Å²) in [5.41, 5.74) is 0.00263. The van der Waals surface area contributed by atoms with E-state index in [1.54, 1.807) is 24.3 Å². The lowest BCUT2D eigenvalue weighted by atomic mass is 9.91. The monoisotopic (exact) mass is 439 g/mol. The summed E-state index contributed by atoms with van der Waals surface area (Å²) in [5.74, 6) is 0.669. The zero-order valence-corrected chi connectivity index (χ0v) is 18.5. The van der Waals surface area contributed by atoms with Crippen LogP contribution >= 0.6 is 11.6 Å². The molecule has 1 atom stereocenters. The maximum Gasteiger partial charge on any atom is 0.417 e. The maximum atomic E-state index is 13.4. The van der Waals surface area contributed by atoms with Crippen LogP contribution in [0.4, 0.5) is 13.2 Å². The maximum absolute atomic E-state index is 13.4. The highest BCUT2D eigenvalue weighted by Crippen LogP contribution is 2.41. The van der Waals surface area contributed by atoms with Gasteiger partial charge in [-0.2, -0.15) is 13.2 Å². The zero-order chi connectivity index (χ0) is 21.9. The molecule has 1 aliphatic heterocycles. The molecule has 2 aromatic carbocycles. The number of benzene rings is 2. The minimum Gasteiger partial charge on any atom is -0.489 e. The number of alkyl halides is 3. The summed E-state index contributed by atoms with van der Waals surface area (Å²) in [6.07, 6.45) is -1.17. The summed E-state index contributed by atoms with van der Waals surface area (Å²) in [5, 5.41) is 0.0836. The van der Waals surface area contributed by atoms with Crippen LogP contribution < -0.4 is 4.74 Å². The average molecular weight is 440 g/mol. The Morgan fingerprint density at radius 1 is 1.07 bits per heavy atom. The molecule has 1 unspecified atom stereocenters. The second-order valence-corrected chi connectivity index (χ2v) is 9.59. The van der Waals surface area contributed by atoms with Gasteiger partial charge in [0, 0.05) is 17.1 Å². The van der Waals surface area contributed by atoms with Gasteiger partial charge in [-0.25, -0.2) is 0 Å². The Bertz CT molecular complexity index is 843. The van der Waals surface area contributed by atoms with Crippen molar-refractivity contribution >= 4 is 11.6 Å². The van der Waals surface area contributed by atoms with E-state index in [1.165, 1.54) is 12.1 Å². The van der Waals surface area contributed by atoms with Gasteiger partial charge < -0.3 is 4.74 Å². The summed E-state index contributed by atoms with van der Waals surface area (Å²) < 4.78 is 46.3. The first-order chi connectivity index (χ1) is 14.0. The van der Waals surface area contributed by atoms with Crippen LogP contribution in [0.3, 0.4) is 0 Å². The summed E-state index contributed by atoms with van der Waals surface area (Å²) in [6, 6.07) is 10.6. The van der Waals surface area contributed by atoms with Gasteiger partial charge >= 0.3 is 6.18 Å². The van der Waals surface area contributed by atoms with Crippen LogP contribution in [0.1, 0.15) is 45.6 Å². The van der Waals surface area contributed by atoms with E-state index in [4.69, 9.17) is 16.3 Å².